The molecule has 0 spiro atoms. The van der Waals surface area contributed by atoms with Gasteiger partial charge in [0.05, 0.1) is 11.7 Å². The zero-order valence-corrected chi connectivity index (χ0v) is 19.5. The topological polar surface area (TPSA) is 81.5 Å². The van der Waals surface area contributed by atoms with Crippen LogP contribution in [-0.4, -0.2) is 34.1 Å². The Morgan fingerprint density at radius 1 is 1.15 bits per heavy atom. The van der Waals surface area contributed by atoms with Gasteiger partial charge in [0.2, 0.25) is 5.91 Å². The molecule has 3 heterocycles. The van der Waals surface area contributed by atoms with Gasteiger partial charge in [-0.05, 0) is 62.6 Å². The standard InChI is InChI=1S/C25H27N3O4S/c1-16-21-23(33-22(16)25(31)32-18-10-3-2-4-11-18)26-15-27(24(21)30)14-20(29)28-13-7-9-17-8-5-6-12-19(17)28/h5-6,8,12,15,18H,2-4,7,9-11,13-14H2,1H3. The second kappa shape index (κ2) is 9.09. The van der Waals surface area contributed by atoms with Gasteiger partial charge in [0.15, 0.2) is 0 Å². The fraction of sp³-hybridized carbons (Fsp3) is 0.440. The molecule has 33 heavy (non-hydrogen) atoms. The third-order valence-electron chi connectivity index (χ3n) is 6.65. The summed E-state index contributed by atoms with van der Waals surface area (Å²) in [5, 5.41) is 0.393. The summed E-state index contributed by atoms with van der Waals surface area (Å²) in [5.41, 5.74) is 2.34. The van der Waals surface area contributed by atoms with Gasteiger partial charge in [-0.1, -0.05) is 24.6 Å². The highest BCUT2D eigenvalue weighted by Crippen LogP contribution is 2.30. The van der Waals surface area contributed by atoms with Crippen molar-refractivity contribution in [2.75, 3.05) is 11.4 Å². The predicted octanol–water partition coefficient (Wildman–Crippen LogP) is 4.24. The van der Waals surface area contributed by atoms with Crippen molar-refractivity contribution in [3.8, 4) is 0 Å². The number of para-hydroxylation sites is 1. The van der Waals surface area contributed by atoms with E-state index in [0.29, 0.717) is 27.2 Å². The van der Waals surface area contributed by atoms with Gasteiger partial charge in [0.25, 0.3) is 5.56 Å². The minimum Gasteiger partial charge on any atom is -0.458 e. The second-order valence-electron chi connectivity index (χ2n) is 8.86. The van der Waals surface area contributed by atoms with Crippen LogP contribution in [0.25, 0.3) is 10.2 Å². The van der Waals surface area contributed by atoms with Gasteiger partial charge in [-0.15, -0.1) is 11.3 Å². The molecule has 3 aromatic rings. The van der Waals surface area contributed by atoms with E-state index in [0.717, 1.165) is 49.8 Å². The number of hydrogen-bond acceptors (Lipinski definition) is 6. The van der Waals surface area contributed by atoms with E-state index < -0.39 is 0 Å². The summed E-state index contributed by atoms with van der Waals surface area (Å²) in [6, 6.07) is 7.89. The van der Waals surface area contributed by atoms with Crippen LogP contribution >= 0.6 is 11.3 Å². The highest BCUT2D eigenvalue weighted by Gasteiger charge is 2.26. The number of aryl methyl sites for hydroxylation is 2. The number of carbonyl (C=O) groups is 2. The van der Waals surface area contributed by atoms with E-state index in [9.17, 15) is 14.4 Å². The van der Waals surface area contributed by atoms with Crippen LogP contribution in [0.5, 0.6) is 0 Å². The molecule has 1 saturated carbocycles. The number of benzene rings is 1. The third kappa shape index (κ3) is 4.19. The van der Waals surface area contributed by atoms with E-state index in [2.05, 4.69) is 4.98 Å². The van der Waals surface area contributed by atoms with Crippen LogP contribution in [0, 0.1) is 6.92 Å². The first-order valence-corrected chi connectivity index (χ1v) is 12.4. The maximum absolute atomic E-state index is 13.2. The number of anilines is 1. The third-order valence-corrected chi connectivity index (χ3v) is 7.83. The van der Waals surface area contributed by atoms with Gasteiger partial charge in [-0.3, -0.25) is 14.2 Å². The number of rotatable bonds is 4. The molecule has 2 aliphatic rings. The molecule has 1 aromatic carbocycles. The fourth-order valence-corrected chi connectivity index (χ4v) is 5.90. The number of amides is 1. The Labute approximate surface area is 196 Å². The lowest BCUT2D eigenvalue weighted by Gasteiger charge is -2.29. The van der Waals surface area contributed by atoms with Gasteiger partial charge in [0.1, 0.15) is 22.4 Å². The molecule has 1 aliphatic heterocycles. The number of fused-ring (bicyclic) bond motifs is 2. The van der Waals surface area contributed by atoms with Crippen LogP contribution in [0.15, 0.2) is 35.4 Å². The molecule has 1 amide bonds. The molecular weight excluding hydrogens is 438 g/mol. The van der Waals surface area contributed by atoms with Crippen molar-refractivity contribution < 1.29 is 14.3 Å². The van der Waals surface area contributed by atoms with E-state index in [1.54, 1.807) is 11.8 Å². The van der Waals surface area contributed by atoms with E-state index in [4.69, 9.17) is 4.74 Å². The summed E-state index contributed by atoms with van der Waals surface area (Å²) in [6.45, 7) is 2.30. The van der Waals surface area contributed by atoms with Crippen molar-refractivity contribution >= 4 is 39.1 Å². The highest BCUT2D eigenvalue weighted by atomic mass is 32.1. The second-order valence-corrected chi connectivity index (χ2v) is 9.86. The molecule has 0 N–H and O–H groups in total. The first kappa shape index (κ1) is 21.8. The maximum atomic E-state index is 13.2. The number of aromatic nitrogens is 2. The smallest absolute Gasteiger partial charge is 0.348 e. The van der Waals surface area contributed by atoms with Crippen molar-refractivity contribution in [1.82, 2.24) is 9.55 Å². The number of nitrogens with zero attached hydrogens (tertiary/aromatic N) is 3. The minimum absolute atomic E-state index is 0.0504. The molecule has 0 atom stereocenters. The molecule has 5 rings (SSSR count). The van der Waals surface area contributed by atoms with Gasteiger partial charge >= 0.3 is 5.97 Å². The van der Waals surface area contributed by atoms with Crippen LogP contribution in [0.2, 0.25) is 0 Å². The Morgan fingerprint density at radius 3 is 2.76 bits per heavy atom. The van der Waals surface area contributed by atoms with E-state index >= 15 is 0 Å². The van der Waals surface area contributed by atoms with Crippen LogP contribution in [0.3, 0.4) is 0 Å². The molecule has 2 aromatic heterocycles. The molecular formula is C25H27N3O4S. The molecule has 172 valence electrons. The van der Waals surface area contributed by atoms with Gasteiger partial charge in [-0.25, -0.2) is 9.78 Å². The quantitative estimate of drug-likeness (QED) is 0.539. The average Bonchev–Trinajstić information content (AvgIpc) is 3.18. The van der Waals surface area contributed by atoms with Gasteiger partial charge in [-0.2, -0.15) is 0 Å². The van der Waals surface area contributed by atoms with E-state index in [1.807, 2.05) is 24.3 Å². The molecule has 7 nitrogen and oxygen atoms in total. The Bertz CT molecular complexity index is 1270. The Morgan fingerprint density at radius 2 is 1.94 bits per heavy atom. The zero-order valence-electron chi connectivity index (χ0n) is 18.7. The number of carbonyl (C=O) groups excluding carboxylic acids is 2. The highest BCUT2D eigenvalue weighted by molar-refractivity contribution is 7.20. The van der Waals surface area contributed by atoms with Crippen LogP contribution in [-0.2, 0) is 22.5 Å². The maximum Gasteiger partial charge on any atom is 0.348 e. The van der Waals surface area contributed by atoms with Crippen molar-refractivity contribution in [3.63, 3.8) is 0 Å². The van der Waals surface area contributed by atoms with Crippen molar-refractivity contribution in [1.29, 1.82) is 0 Å². The lowest BCUT2D eigenvalue weighted by Crippen LogP contribution is -2.39. The Hall–Kier alpha value is -3.00. The largest absolute Gasteiger partial charge is 0.458 e. The lowest BCUT2D eigenvalue weighted by atomic mass is 9.98. The summed E-state index contributed by atoms with van der Waals surface area (Å²) < 4.78 is 7.05. The van der Waals surface area contributed by atoms with Crippen LogP contribution in [0.1, 0.15) is 59.3 Å². The minimum atomic E-state index is -0.380. The Balaban J connectivity index is 1.40. The first-order chi connectivity index (χ1) is 16.0. The Kier molecular flexibility index (Phi) is 6.01. The van der Waals surface area contributed by atoms with Gasteiger partial charge < -0.3 is 9.64 Å². The molecule has 1 aliphatic carbocycles. The zero-order chi connectivity index (χ0) is 22.9. The van der Waals surface area contributed by atoms with E-state index in [1.165, 1.54) is 28.7 Å². The number of thiophene rings is 1. The van der Waals surface area contributed by atoms with Crippen molar-refractivity contribution in [2.24, 2.45) is 0 Å². The molecule has 0 bridgehead atoms. The van der Waals surface area contributed by atoms with Crippen LogP contribution in [0.4, 0.5) is 5.69 Å². The van der Waals surface area contributed by atoms with Crippen molar-refractivity contribution in [2.45, 2.75) is 64.5 Å². The number of ether oxygens (including phenoxy) is 1. The summed E-state index contributed by atoms with van der Waals surface area (Å²) in [6.07, 6.45) is 8.31. The molecule has 8 heteroatoms. The SMILES string of the molecule is Cc1c(C(=O)OC2CCCCC2)sc2ncn(CC(=O)N3CCCc4ccccc43)c(=O)c12. The summed E-state index contributed by atoms with van der Waals surface area (Å²) in [5.74, 6) is -0.524. The monoisotopic (exact) mass is 465 g/mol. The fourth-order valence-electron chi connectivity index (χ4n) is 4.88. The number of esters is 1. The molecule has 0 radical (unpaired) electrons. The van der Waals surface area contributed by atoms with Crippen molar-refractivity contribution in [3.05, 3.63) is 57.0 Å². The summed E-state index contributed by atoms with van der Waals surface area (Å²) in [4.78, 5) is 46.2. The van der Waals surface area contributed by atoms with Gasteiger partial charge in [0, 0.05) is 12.2 Å². The van der Waals surface area contributed by atoms with Crippen LogP contribution < -0.4 is 10.5 Å². The molecule has 0 unspecified atom stereocenters. The summed E-state index contributed by atoms with van der Waals surface area (Å²) in [7, 11) is 0. The molecule has 0 saturated heterocycles. The van der Waals surface area contributed by atoms with E-state index in [-0.39, 0.29) is 30.1 Å². The number of hydrogen-bond donors (Lipinski definition) is 0. The lowest BCUT2D eigenvalue weighted by molar-refractivity contribution is -0.119. The first-order valence-electron chi connectivity index (χ1n) is 11.6. The molecule has 1 fully saturated rings. The predicted molar refractivity (Wildman–Crippen MR) is 128 cm³/mol. The normalized spacial score (nSPS) is 16.6. The summed E-state index contributed by atoms with van der Waals surface area (Å²) >= 11 is 1.19. The average molecular weight is 466 g/mol.